The first-order chi connectivity index (χ1) is 7.25. The number of hydrogen-bond acceptors (Lipinski definition) is 4. The van der Waals surface area contributed by atoms with E-state index in [1.165, 1.54) is 0 Å². The minimum Gasteiger partial charge on any atom is -0.297 e. The minimum absolute atomic E-state index is 0.0776. The molecule has 82 valence electrons. The Labute approximate surface area is 91.0 Å². The number of hydroxylamine groups is 2. The molecule has 1 fully saturated rings. The lowest BCUT2D eigenvalue weighted by molar-refractivity contribution is -0.165. The van der Waals surface area contributed by atoms with Crippen LogP contribution in [-0.4, -0.2) is 23.8 Å². The van der Waals surface area contributed by atoms with Crippen LogP contribution in [0.4, 0.5) is 0 Å². The Balaban J connectivity index is 2.81. The van der Waals surface area contributed by atoms with Crippen LogP contribution < -0.4 is 0 Å². The van der Waals surface area contributed by atoms with Gasteiger partial charge in [-0.1, -0.05) is 13.8 Å². The maximum Gasteiger partial charge on any atom is 0.0923 e. The van der Waals surface area contributed by atoms with Crippen molar-refractivity contribution in [2.24, 2.45) is 5.92 Å². The second-order valence-corrected chi connectivity index (χ2v) is 3.80. The fourth-order valence-electron chi connectivity index (χ4n) is 2.31. The summed E-state index contributed by atoms with van der Waals surface area (Å²) in [4.78, 5) is 5.52. The van der Waals surface area contributed by atoms with Crippen molar-refractivity contribution in [3.8, 4) is 12.1 Å². The van der Waals surface area contributed by atoms with Crippen LogP contribution >= 0.6 is 0 Å². The van der Waals surface area contributed by atoms with E-state index in [1.54, 1.807) is 0 Å². The van der Waals surface area contributed by atoms with Gasteiger partial charge in [0.25, 0.3) is 0 Å². The average Bonchev–Trinajstić information content (AvgIpc) is 2.64. The summed E-state index contributed by atoms with van der Waals surface area (Å²) in [6, 6.07) is 4.42. The summed E-state index contributed by atoms with van der Waals surface area (Å²) in [5, 5.41) is 19.5. The largest absolute Gasteiger partial charge is 0.297 e. The lowest BCUT2D eigenvalue weighted by Gasteiger charge is -2.36. The van der Waals surface area contributed by atoms with Crippen molar-refractivity contribution < 1.29 is 4.84 Å². The van der Waals surface area contributed by atoms with Crippen LogP contribution in [0.1, 0.15) is 33.1 Å². The SMILES string of the molecule is CCC1(CC)C(C#N)CON1CCC#N. The van der Waals surface area contributed by atoms with Crippen LogP contribution in [0.3, 0.4) is 0 Å². The van der Waals surface area contributed by atoms with E-state index < -0.39 is 0 Å². The zero-order valence-corrected chi connectivity index (χ0v) is 9.36. The molecule has 1 saturated heterocycles. The molecule has 15 heavy (non-hydrogen) atoms. The molecule has 0 aromatic heterocycles. The standard InChI is InChI=1S/C11H17N3O/c1-3-11(4-2)10(8-13)9-15-14(11)7-5-6-12/h10H,3-5,7,9H2,1-2H3. The molecule has 0 saturated carbocycles. The van der Waals surface area contributed by atoms with Crippen LogP contribution in [0.25, 0.3) is 0 Å². The van der Waals surface area contributed by atoms with Gasteiger partial charge in [-0.3, -0.25) is 4.84 Å². The van der Waals surface area contributed by atoms with Gasteiger partial charge in [-0.05, 0) is 12.8 Å². The molecule has 1 aliphatic rings. The summed E-state index contributed by atoms with van der Waals surface area (Å²) >= 11 is 0. The summed E-state index contributed by atoms with van der Waals surface area (Å²) in [5.74, 6) is -0.0776. The van der Waals surface area contributed by atoms with Crippen molar-refractivity contribution in [2.75, 3.05) is 13.2 Å². The van der Waals surface area contributed by atoms with E-state index >= 15 is 0 Å². The molecule has 1 unspecified atom stereocenters. The first kappa shape index (κ1) is 12.0. The highest BCUT2D eigenvalue weighted by Crippen LogP contribution is 2.38. The van der Waals surface area contributed by atoms with Crippen molar-refractivity contribution in [3.63, 3.8) is 0 Å². The van der Waals surface area contributed by atoms with Gasteiger partial charge in [0.05, 0.1) is 36.6 Å². The quantitative estimate of drug-likeness (QED) is 0.705. The molecule has 1 rings (SSSR count). The van der Waals surface area contributed by atoms with Gasteiger partial charge in [-0.2, -0.15) is 15.6 Å². The molecule has 0 aromatic rings. The Morgan fingerprint density at radius 1 is 1.40 bits per heavy atom. The first-order valence-corrected chi connectivity index (χ1v) is 5.42. The molecule has 1 atom stereocenters. The monoisotopic (exact) mass is 207 g/mol. The maximum atomic E-state index is 9.09. The van der Waals surface area contributed by atoms with E-state index in [1.807, 2.05) is 5.06 Å². The molecule has 1 heterocycles. The third kappa shape index (κ3) is 1.97. The molecule has 0 amide bonds. The van der Waals surface area contributed by atoms with E-state index in [-0.39, 0.29) is 11.5 Å². The Morgan fingerprint density at radius 3 is 2.53 bits per heavy atom. The highest BCUT2D eigenvalue weighted by Gasteiger charge is 2.47. The number of rotatable bonds is 4. The van der Waals surface area contributed by atoms with Crippen molar-refractivity contribution in [1.82, 2.24) is 5.06 Å². The normalized spacial score (nSPS) is 24.7. The van der Waals surface area contributed by atoms with Crippen molar-refractivity contribution >= 4 is 0 Å². The summed E-state index contributed by atoms with van der Waals surface area (Å²) in [7, 11) is 0. The highest BCUT2D eigenvalue weighted by atomic mass is 16.7. The maximum absolute atomic E-state index is 9.09. The third-order valence-corrected chi connectivity index (χ3v) is 3.35. The predicted molar refractivity (Wildman–Crippen MR) is 55.3 cm³/mol. The number of nitriles is 2. The molecule has 0 aliphatic carbocycles. The van der Waals surface area contributed by atoms with Gasteiger partial charge in [0.1, 0.15) is 0 Å². The average molecular weight is 207 g/mol. The van der Waals surface area contributed by atoms with E-state index in [4.69, 9.17) is 15.4 Å². The second kappa shape index (κ2) is 5.11. The summed E-state index contributed by atoms with van der Waals surface area (Å²) in [6.07, 6.45) is 2.21. The van der Waals surface area contributed by atoms with Gasteiger partial charge in [-0.25, -0.2) is 0 Å². The van der Waals surface area contributed by atoms with E-state index in [0.29, 0.717) is 19.6 Å². The van der Waals surface area contributed by atoms with Crippen LogP contribution in [0, 0.1) is 28.6 Å². The minimum atomic E-state index is -0.189. The zero-order valence-electron chi connectivity index (χ0n) is 9.36. The summed E-state index contributed by atoms with van der Waals surface area (Å²) in [6.45, 7) is 5.20. The molecule has 0 N–H and O–H groups in total. The zero-order chi connectivity index (χ0) is 11.3. The fourth-order valence-corrected chi connectivity index (χ4v) is 2.31. The van der Waals surface area contributed by atoms with Crippen molar-refractivity contribution in [1.29, 1.82) is 10.5 Å². The summed E-state index contributed by atoms with van der Waals surface area (Å²) in [5.41, 5.74) is -0.189. The Kier molecular flexibility index (Phi) is 4.08. The highest BCUT2D eigenvalue weighted by molar-refractivity contribution is 5.05. The molecule has 0 aromatic carbocycles. The lowest BCUT2D eigenvalue weighted by Crippen LogP contribution is -2.46. The van der Waals surface area contributed by atoms with Gasteiger partial charge >= 0.3 is 0 Å². The lowest BCUT2D eigenvalue weighted by atomic mass is 9.81. The van der Waals surface area contributed by atoms with Gasteiger partial charge < -0.3 is 0 Å². The van der Waals surface area contributed by atoms with Crippen molar-refractivity contribution in [2.45, 2.75) is 38.6 Å². The fraction of sp³-hybridized carbons (Fsp3) is 0.818. The molecular formula is C11H17N3O. The smallest absolute Gasteiger partial charge is 0.0923 e. The van der Waals surface area contributed by atoms with Crippen LogP contribution in [0.2, 0.25) is 0 Å². The molecule has 0 radical (unpaired) electrons. The number of hydrogen-bond donors (Lipinski definition) is 0. The van der Waals surface area contributed by atoms with Crippen molar-refractivity contribution in [3.05, 3.63) is 0 Å². The topological polar surface area (TPSA) is 60.0 Å². The van der Waals surface area contributed by atoms with E-state index in [2.05, 4.69) is 26.0 Å². The second-order valence-electron chi connectivity index (χ2n) is 3.80. The molecular weight excluding hydrogens is 190 g/mol. The van der Waals surface area contributed by atoms with Gasteiger partial charge in [0, 0.05) is 6.54 Å². The molecule has 0 spiro atoms. The molecule has 4 heteroatoms. The van der Waals surface area contributed by atoms with E-state index in [0.717, 1.165) is 12.8 Å². The van der Waals surface area contributed by atoms with Gasteiger partial charge in [-0.15, -0.1) is 0 Å². The van der Waals surface area contributed by atoms with Crippen LogP contribution in [0.5, 0.6) is 0 Å². The van der Waals surface area contributed by atoms with Gasteiger partial charge in [0.2, 0.25) is 0 Å². The third-order valence-electron chi connectivity index (χ3n) is 3.35. The summed E-state index contributed by atoms with van der Waals surface area (Å²) < 4.78 is 0. The first-order valence-electron chi connectivity index (χ1n) is 5.42. The van der Waals surface area contributed by atoms with Crippen LogP contribution in [-0.2, 0) is 4.84 Å². The van der Waals surface area contributed by atoms with Gasteiger partial charge in [0.15, 0.2) is 0 Å². The van der Waals surface area contributed by atoms with E-state index in [9.17, 15) is 0 Å². The predicted octanol–water partition coefficient (Wildman–Crippen LogP) is 1.85. The Morgan fingerprint density at radius 2 is 2.07 bits per heavy atom. The Bertz CT molecular complexity index is 285. The molecule has 0 bridgehead atoms. The molecule has 4 nitrogen and oxygen atoms in total. The Hall–Kier alpha value is -1.10. The number of nitrogens with zero attached hydrogens (tertiary/aromatic N) is 3. The molecule has 1 aliphatic heterocycles. The van der Waals surface area contributed by atoms with Crippen LogP contribution in [0.15, 0.2) is 0 Å².